The third-order valence-corrected chi connectivity index (χ3v) is 6.50. The van der Waals surface area contributed by atoms with Gasteiger partial charge in [0.25, 0.3) is 0 Å². The van der Waals surface area contributed by atoms with Crippen LogP contribution in [0.3, 0.4) is 0 Å². The lowest BCUT2D eigenvalue weighted by molar-refractivity contribution is -0.140. The zero-order chi connectivity index (χ0) is 19.9. The third kappa shape index (κ3) is 5.39. The molecular formula is C21H35N3O4. The number of likely N-dealkylation sites (tertiary alicyclic amines) is 2. The van der Waals surface area contributed by atoms with Crippen molar-refractivity contribution >= 4 is 17.9 Å². The van der Waals surface area contributed by atoms with Crippen LogP contribution in [-0.2, 0) is 14.3 Å². The standard InChI is InChI=1S/C21H35N3O4/c1-2-28-21(27)24-14-10-18(11-15-24)22-19(25)16-8-12-23(13-9-16)20(26)17-6-4-3-5-7-17/h16-18H,2-15H2,1H3,(H,22,25). The maximum absolute atomic E-state index is 12.7. The van der Waals surface area contributed by atoms with Crippen molar-refractivity contribution in [2.24, 2.45) is 11.8 Å². The van der Waals surface area contributed by atoms with Crippen LogP contribution in [0.2, 0.25) is 0 Å². The van der Waals surface area contributed by atoms with Crippen molar-refractivity contribution in [3.8, 4) is 0 Å². The van der Waals surface area contributed by atoms with E-state index in [4.69, 9.17) is 4.74 Å². The number of ether oxygens (including phenoxy) is 1. The summed E-state index contributed by atoms with van der Waals surface area (Å²) in [6.07, 6.45) is 8.44. The Morgan fingerprint density at radius 2 is 1.43 bits per heavy atom. The second-order valence-corrected chi connectivity index (χ2v) is 8.40. The van der Waals surface area contributed by atoms with Gasteiger partial charge in [0, 0.05) is 44.1 Å². The van der Waals surface area contributed by atoms with E-state index in [1.807, 2.05) is 4.90 Å². The normalized spacial score (nSPS) is 22.8. The van der Waals surface area contributed by atoms with Gasteiger partial charge in [0.15, 0.2) is 0 Å². The second-order valence-electron chi connectivity index (χ2n) is 8.40. The quantitative estimate of drug-likeness (QED) is 0.796. The van der Waals surface area contributed by atoms with Crippen LogP contribution in [0.15, 0.2) is 0 Å². The van der Waals surface area contributed by atoms with Crippen molar-refractivity contribution in [3.05, 3.63) is 0 Å². The summed E-state index contributed by atoms with van der Waals surface area (Å²) in [6.45, 7) is 4.84. The van der Waals surface area contributed by atoms with Crippen LogP contribution in [0.1, 0.15) is 64.7 Å². The average Bonchev–Trinajstić information content (AvgIpc) is 2.74. The molecule has 1 N–H and O–H groups in total. The Labute approximate surface area is 168 Å². The number of nitrogens with zero attached hydrogens (tertiary/aromatic N) is 2. The molecule has 0 aromatic rings. The van der Waals surface area contributed by atoms with Crippen LogP contribution < -0.4 is 5.32 Å². The molecule has 7 heteroatoms. The van der Waals surface area contributed by atoms with Gasteiger partial charge in [-0.15, -0.1) is 0 Å². The van der Waals surface area contributed by atoms with Crippen LogP contribution in [0, 0.1) is 11.8 Å². The molecule has 3 fully saturated rings. The highest BCUT2D eigenvalue weighted by molar-refractivity contribution is 5.81. The molecule has 2 aliphatic heterocycles. The zero-order valence-corrected chi connectivity index (χ0v) is 17.2. The summed E-state index contributed by atoms with van der Waals surface area (Å²) in [5.74, 6) is 0.631. The SMILES string of the molecule is CCOC(=O)N1CCC(NC(=O)C2CCN(C(=O)C3CCCCC3)CC2)CC1. The van der Waals surface area contributed by atoms with E-state index in [-0.39, 0.29) is 29.9 Å². The fraction of sp³-hybridized carbons (Fsp3) is 0.857. The summed E-state index contributed by atoms with van der Waals surface area (Å²) in [5, 5.41) is 3.17. The van der Waals surface area contributed by atoms with E-state index in [1.54, 1.807) is 11.8 Å². The molecule has 1 saturated carbocycles. The molecule has 0 aromatic carbocycles. The number of rotatable bonds is 4. The van der Waals surface area contributed by atoms with Crippen LogP contribution in [0.25, 0.3) is 0 Å². The molecule has 28 heavy (non-hydrogen) atoms. The number of hydrogen-bond donors (Lipinski definition) is 1. The summed E-state index contributed by atoms with van der Waals surface area (Å²) >= 11 is 0. The molecule has 3 aliphatic rings. The van der Waals surface area contributed by atoms with Crippen molar-refractivity contribution in [1.29, 1.82) is 0 Å². The van der Waals surface area contributed by atoms with Gasteiger partial charge in [-0.3, -0.25) is 9.59 Å². The van der Waals surface area contributed by atoms with Crippen LogP contribution in [0.4, 0.5) is 4.79 Å². The molecule has 1 aliphatic carbocycles. The minimum Gasteiger partial charge on any atom is -0.450 e. The van der Waals surface area contributed by atoms with Gasteiger partial charge in [-0.05, 0) is 45.4 Å². The lowest BCUT2D eigenvalue weighted by Crippen LogP contribution is -2.50. The molecule has 158 valence electrons. The van der Waals surface area contributed by atoms with Crippen LogP contribution in [-0.4, -0.2) is 66.5 Å². The van der Waals surface area contributed by atoms with Crippen LogP contribution >= 0.6 is 0 Å². The summed E-state index contributed by atoms with van der Waals surface area (Å²) in [5.41, 5.74) is 0. The van der Waals surface area contributed by atoms with Crippen molar-refractivity contribution in [3.63, 3.8) is 0 Å². The Morgan fingerprint density at radius 1 is 0.821 bits per heavy atom. The van der Waals surface area contributed by atoms with Gasteiger partial charge in [0.1, 0.15) is 0 Å². The minimum atomic E-state index is -0.262. The first kappa shape index (κ1) is 20.9. The Hall–Kier alpha value is -1.79. The topological polar surface area (TPSA) is 79.0 Å². The summed E-state index contributed by atoms with van der Waals surface area (Å²) in [4.78, 5) is 40.8. The highest BCUT2D eigenvalue weighted by Crippen LogP contribution is 2.27. The van der Waals surface area contributed by atoms with Crippen LogP contribution in [0.5, 0.6) is 0 Å². The van der Waals surface area contributed by atoms with E-state index in [2.05, 4.69) is 5.32 Å². The highest BCUT2D eigenvalue weighted by atomic mass is 16.6. The fourth-order valence-corrected chi connectivity index (χ4v) is 4.71. The molecule has 3 rings (SSSR count). The lowest BCUT2D eigenvalue weighted by Gasteiger charge is -2.36. The Balaban J connectivity index is 1.37. The molecule has 7 nitrogen and oxygen atoms in total. The molecule has 2 heterocycles. The van der Waals surface area contributed by atoms with Crippen molar-refractivity contribution in [2.75, 3.05) is 32.8 Å². The number of amides is 3. The van der Waals surface area contributed by atoms with E-state index >= 15 is 0 Å². The first-order valence-corrected chi connectivity index (χ1v) is 11.1. The number of nitrogens with one attached hydrogen (secondary N) is 1. The van der Waals surface area contributed by atoms with Gasteiger partial charge in [-0.2, -0.15) is 0 Å². The molecule has 0 atom stereocenters. The molecule has 2 saturated heterocycles. The maximum Gasteiger partial charge on any atom is 0.409 e. The Morgan fingerprint density at radius 3 is 2.04 bits per heavy atom. The van der Waals surface area contributed by atoms with E-state index < -0.39 is 0 Å². The zero-order valence-electron chi connectivity index (χ0n) is 17.2. The predicted molar refractivity (Wildman–Crippen MR) is 106 cm³/mol. The van der Waals surface area contributed by atoms with Crippen molar-refractivity contribution < 1.29 is 19.1 Å². The predicted octanol–water partition coefficient (Wildman–Crippen LogP) is 2.54. The molecule has 0 aromatic heterocycles. The monoisotopic (exact) mass is 393 g/mol. The first-order chi connectivity index (χ1) is 13.6. The molecule has 0 bridgehead atoms. The van der Waals surface area contributed by atoms with Gasteiger partial charge in [0.05, 0.1) is 6.61 Å². The first-order valence-electron chi connectivity index (χ1n) is 11.1. The smallest absolute Gasteiger partial charge is 0.409 e. The number of hydrogen-bond acceptors (Lipinski definition) is 4. The number of carbonyl (C=O) groups excluding carboxylic acids is 3. The summed E-state index contributed by atoms with van der Waals surface area (Å²) in [7, 11) is 0. The van der Waals surface area contributed by atoms with Gasteiger partial charge in [-0.25, -0.2) is 4.79 Å². The number of piperidine rings is 2. The molecule has 0 unspecified atom stereocenters. The van der Waals surface area contributed by atoms with Gasteiger partial charge in [0.2, 0.25) is 11.8 Å². The average molecular weight is 394 g/mol. The minimum absolute atomic E-state index is 0.00140. The third-order valence-electron chi connectivity index (χ3n) is 6.50. The molecule has 0 spiro atoms. The Kier molecular flexibility index (Phi) is 7.57. The highest BCUT2D eigenvalue weighted by Gasteiger charge is 2.32. The lowest BCUT2D eigenvalue weighted by atomic mass is 9.87. The summed E-state index contributed by atoms with van der Waals surface area (Å²) in [6, 6.07) is 0.125. The van der Waals surface area contributed by atoms with Gasteiger partial charge >= 0.3 is 6.09 Å². The second kappa shape index (κ2) is 10.1. The van der Waals surface area contributed by atoms with Crippen molar-refractivity contribution in [2.45, 2.75) is 70.8 Å². The van der Waals surface area contributed by atoms with E-state index in [0.29, 0.717) is 38.7 Å². The van der Waals surface area contributed by atoms with E-state index in [9.17, 15) is 14.4 Å². The van der Waals surface area contributed by atoms with E-state index in [1.165, 1.54) is 19.3 Å². The van der Waals surface area contributed by atoms with E-state index in [0.717, 1.165) is 38.5 Å². The largest absolute Gasteiger partial charge is 0.450 e. The molecule has 0 radical (unpaired) electrons. The van der Waals surface area contributed by atoms with Crippen molar-refractivity contribution in [1.82, 2.24) is 15.1 Å². The maximum atomic E-state index is 12.7. The Bertz CT molecular complexity index is 546. The van der Waals surface area contributed by atoms with Gasteiger partial charge in [-0.1, -0.05) is 19.3 Å². The molecular weight excluding hydrogens is 358 g/mol. The molecule has 3 amide bonds. The fourth-order valence-electron chi connectivity index (χ4n) is 4.71. The number of carbonyl (C=O) groups is 3. The van der Waals surface area contributed by atoms with Gasteiger partial charge < -0.3 is 19.9 Å². The summed E-state index contributed by atoms with van der Waals surface area (Å²) < 4.78 is 5.03.